The summed E-state index contributed by atoms with van der Waals surface area (Å²) in [6, 6.07) is 8.68. The van der Waals surface area contributed by atoms with Crippen LogP contribution < -0.4 is 5.73 Å². The third-order valence-electron chi connectivity index (χ3n) is 2.57. The van der Waals surface area contributed by atoms with Gasteiger partial charge in [0.25, 0.3) is 0 Å². The van der Waals surface area contributed by atoms with Gasteiger partial charge < -0.3 is 5.73 Å². The number of pyridine rings is 1. The van der Waals surface area contributed by atoms with Gasteiger partial charge in [0.2, 0.25) is 0 Å². The third kappa shape index (κ3) is 1.52. The van der Waals surface area contributed by atoms with Crippen LogP contribution in [-0.2, 0) is 0 Å². The molecule has 3 heterocycles. The average Bonchev–Trinajstić information content (AvgIpc) is 2.95. The number of nitro groups is 1. The van der Waals surface area contributed by atoms with Crippen LogP contribution in [0.2, 0.25) is 0 Å². The van der Waals surface area contributed by atoms with E-state index in [9.17, 15) is 10.1 Å². The minimum Gasteiger partial charge on any atom is -0.383 e. The number of rotatable bonds is 2. The first kappa shape index (κ1) is 10.7. The van der Waals surface area contributed by atoms with Crippen LogP contribution in [0, 0.1) is 10.1 Å². The van der Waals surface area contributed by atoms with Gasteiger partial charge in [-0.3, -0.25) is 14.5 Å². The molecule has 3 rings (SSSR count). The van der Waals surface area contributed by atoms with E-state index in [4.69, 9.17) is 5.73 Å². The van der Waals surface area contributed by atoms with Gasteiger partial charge >= 0.3 is 5.00 Å². The highest BCUT2D eigenvalue weighted by atomic mass is 32.1. The van der Waals surface area contributed by atoms with Crippen molar-refractivity contribution in [3.05, 3.63) is 46.6 Å². The summed E-state index contributed by atoms with van der Waals surface area (Å²) in [7, 11) is 0. The molecule has 7 heteroatoms. The standard InChI is InChI=1S/C11H8N4O2S/c12-11-10(7-4-5-9(18-7)15(16)17)13-8-3-1-2-6-14(8)11/h1-6H,12H2. The van der Waals surface area contributed by atoms with Crippen molar-refractivity contribution >= 4 is 27.8 Å². The fraction of sp³-hybridized carbons (Fsp3) is 0. The Kier molecular flexibility index (Phi) is 2.27. The molecule has 90 valence electrons. The van der Waals surface area contributed by atoms with Crippen LogP contribution in [0.15, 0.2) is 36.5 Å². The smallest absolute Gasteiger partial charge is 0.324 e. The number of nitrogen functional groups attached to an aromatic ring is 1. The van der Waals surface area contributed by atoms with Gasteiger partial charge in [-0.1, -0.05) is 17.4 Å². The Bertz CT molecular complexity index is 746. The van der Waals surface area contributed by atoms with E-state index in [1.165, 1.54) is 6.07 Å². The molecule has 0 unspecified atom stereocenters. The molecule has 0 aliphatic carbocycles. The van der Waals surface area contributed by atoms with E-state index < -0.39 is 4.92 Å². The fourth-order valence-electron chi connectivity index (χ4n) is 1.75. The average molecular weight is 260 g/mol. The van der Waals surface area contributed by atoms with Gasteiger partial charge in [0, 0.05) is 12.3 Å². The van der Waals surface area contributed by atoms with Crippen molar-refractivity contribution in [2.45, 2.75) is 0 Å². The number of anilines is 1. The van der Waals surface area contributed by atoms with Crippen molar-refractivity contribution < 1.29 is 4.92 Å². The number of nitrogens with zero attached hydrogens (tertiary/aromatic N) is 3. The molecule has 6 nitrogen and oxygen atoms in total. The maximum atomic E-state index is 10.7. The molecule has 0 bridgehead atoms. The largest absolute Gasteiger partial charge is 0.383 e. The van der Waals surface area contributed by atoms with E-state index in [1.54, 1.807) is 10.5 Å². The molecular weight excluding hydrogens is 252 g/mol. The van der Waals surface area contributed by atoms with Crippen LogP contribution in [-0.4, -0.2) is 14.3 Å². The number of nitrogens with two attached hydrogens (primary N) is 1. The van der Waals surface area contributed by atoms with Crippen LogP contribution in [0.4, 0.5) is 10.8 Å². The van der Waals surface area contributed by atoms with E-state index in [0.29, 0.717) is 16.4 Å². The number of imidazole rings is 1. The molecule has 3 aromatic heterocycles. The Labute approximate surface area is 105 Å². The SMILES string of the molecule is Nc1c(-c2ccc([N+](=O)[O-])s2)nc2ccccn12. The first-order valence-corrected chi connectivity index (χ1v) is 5.95. The Hall–Kier alpha value is -2.41. The minimum absolute atomic E-state index is 0.0847. The molecule has 18 heavy (non-hydrogen) atoms. The van der Waals surface area contributed by atoms with Gasteiger partial charge in [-0.05, 0) is 18.2 Å². The Morgan fingerprint density at radius 2 is 2.17 bits per heavy atom. The van der Waals surface area contributed by atoms with E-state index in [2.05, 4.69) is 4.98 Å². The second-order valence-corrected chi connectivity index (χ2v) is 4.73. The van der Waals surface area contributed by atoms with Crippen LogP contribution >= 0.6 is 11.3 Å². The highest BCUT2D eigenvalue weighted by Gasteiger charge is 2.16. The molecule has 0 spiro atoms. The fourth-order valence-corrected chi connectivity index (χ4v) is 2.57. The molecule has 0 amide bonds. The minimum atomic E-state index is -0.417. The zero-order valence-electron chi connectivity index (χ0n) is 9.11. The zero-order valence-corrected chi connectivity index (χ0v) is 9.92. The first-order valence-electron chi connectivity index (χ1n) is 5.14. The topological polar surface area (TPSA) is 86.5 Å². The summed E-state index contributed by atoms with van der Waals surface area (Å²) in [5.41, 5.74) is 7.30. The second-order valence-electron chi connectivity index (χ2n) is 3.67. The summed E-state index contributed by atoms with van der Waals surface area (Å²) >= 11 is 1.07. The second kappa shape index (κ2) is 3.81. The molecule has 0 saturated carbocycles. The summed E-state index contributed by atoms with van der Waals surface area (Å²) in [4.78, 5) is 15.3. The highest BCUT2D eigenvalue weighted by Crippen LogP contribution is 2.35. The zero-order chi connectivity index (χ0) is 12.7. The van der Waals surface area contributed by atoms with Crippen molar-refractivity contribution in [1.29, 1.82) is 0 Å². The highest BCUT2D eigenvalue weighted by molar-refractivity contribution is 7.18. The summed E-state index contributed by atoms with van der Waals surface area (Å²) in [5.74, 6) is 0.488. The Balaban J connectivity index is 2.18. The predicted molar refractivity (Wildman–Crippen MR) is 69.6 cm³/mol. The van der Waals surface area contributed by atoms with Crippen molar-refractivity contribution in [1.82, 2.24) is 9.38 Å². The van der Waals surface area contributed by atoms with Crippen LogP contribution in [0.3, 0.4) is 0 Å². The summed E-state index contributed by atoms with van der Waals surface area (Å²) in [5, 5.41) is 10.7. The number of hydrogen-bond donors (Lipinski definition) is 1. The van der Waals surface area contributed by atoms with Crippen LogP contribution in [0.25, 0.3) is 16.2 Å². The lowest BCUT2D eigenvalue weighted by molar-refractivity contribution is -0.380. The molecule has 0 fully saturated rings. The number of fused-ring (bicyclic) bond motifs is 1. The molecule has 0 saturated heterocycles. The lowest BCUT2D eigenvalue weighted by Gasteiger charge is -1.94. The van der Waals surface area contributed by atoms with Crippen molar-refractivity contribution in [2.24, 2.45) is 0 Å². The lowest BCUT2D eigenvalue weighted by atomic mass is 10.3. The number of hydrogen-bond acceptors (Lipinski definition) is 5. The molecule has 0 atom stereocenters. The van der Waals surface area contributed by atoms with E-state index in [1.807, 2.05) is 24.4 Å². The number of thiophene rings is 1. The molecule has 3 aromatic rings. The Morgan fingerprint density at radius 1 is 1.33 bits per heavy atom. The molecule has 0 aromatic carbocycles. The van der Waals surface area contributed by atoms with Crippen LogP contribution in [0.5, 0.6) is 0 Å². The monoisotopic (exact) mass is 260 g/mol. The van der Waals surface area contributed by atoms with E-state index >= 15 is 0 Å². The summed E-state index contributed by atoms with van der Waals surface area (Å²) in [6.45, 7) is 0. The number of aromatic nitrogens is 2. The Morgan fingerprint density at radius 3 is 2.83 bits per heavy atom. The molecule has 0 aliphatic heterocycles. The third-order valence-corrected chi connectivity index (χ3v) is 3.62. The lowest BCUT2D eigenvalue weighted by Crippen LogP contribution is -1.92. The van der Waals surface area contributed by atoms with Crippen molar-refractivity contribution in [3.8, 4) is 10.6 Å². The van der Waals surface area contributed by atoms with Gasteiger partial charge in [-0.2, -0.15) is 0 Å². The first-order chi connectivity index (χ1) is 8.66. The van der Waals surface area contributed by atoms with Crippen LogP contribution in [0.1, 0.15) is 0 Å². The summed E-state index contributed by atoms with van der Waals surface area (Å²) in [6.07, 6.45) is 1.81. The quantitative estimate of drug-likeness (QED) is 0.566. The van der Waals surface area contributed by atoms with E-state index in [0.717, 1.165) is 17.0 Å². The van der Waals surface area contributed by atoms with Crippen molar-refractivity contribution in [3.63, 3.8) is 0 Å². The molecule has 0 aliphatic rings. The maximum absolute atomic E-state index is 10.7. The predicted octanol–water partition coefficient (Wildman–Crippen LogP) is 2.55. The molecule has 2 N–H and O–H groups in total. The molecule has 0 radical (unpaired) electrons. The maximum Gasteiger partial charge on any atom is 0.324 e. The van der Waals surface area contributed by atoms with Crippen molar-refractivity contribution in [2.75, 3.05) is 5.73 Å². The summed E-state index contributed by atoms with van der Waals surface area (Å²) < 4.78 is 1.75. The molecular formula is C11H8N4O2S. The normalized spacial score (nSPS) is 10.9. The van der Waals surface area contributed by atoms with Gasteiger partial charge in [-0.25, -0.2) is 4.98 Å². The van der Waals surface area contributed by atoms with Gasteiger partial charge in [0.05, 0.1) is 9.80 Å². The van der Waals surface area contributed by atoms with E-state index in [-0.39, 0.29) is 5.00 Å². The van der Waals surface area contributed by atoms with Gasteiger partial charge in [0.1, 0.15) is 17.2 Å². The van der Waals surface area contributed by atoms with Gasteiger partial charge in [0.15, 0.2) is 0 Å². The van der Waals surface area contributed by atoms with Gasteiger partial charge in [-0.15, -0.1) is 0 Å².